The normalized spacial score (nSPS) is 18.7. The highest BCUT2D eigenvalue weighted by Gasteiger charge is 2.28. The largest absolute Gasteiger partial charge is 0.481 e. The van der Waals surface area contributed by atoms with Crippen molar-refractivity contribution in [2.24, 2.45) is 5.92 Å². The van der Waals surface area contributed by atoms with Gasteiger partial charge in [-0.05, 0) is 37.8 Å². The van der Waals surface area contributed by atoms with Gasteiger partial charge in [-0.25, -0.2) is 4.79 Å². The second-order valence-electron chi connectivity index (χ2n) is 5.32. The molecule has 2 amide bonds. The minimum Gasteiger partial charge on any atom is -0.481 e. The fourth-order valence-corrected chi connectivity index (χ4v) is 2.56. The van der Waals surface area contributed by atoms with E-state index in [4.69, 9.17) is 5.11 Å². The molecule has 5 heteroatoms. The first-order chi connectivity index (χ1) is 9.49. The molecule has 20 heavy (non-hydrogen) atoms. The van der Waals surface area contributed by atoms with Crippen LogP contribution in [-0.4, -0.2) is 35.1 Å². The quantitative estimate of drug-likeness (QED) is 0.872. The Bertz CT molecular complexity index is 508. The molecule has 0 bridgehead atoms. The maximum Gasteiger partial charge on any atom is 0.321 e. The summed E-state index contributed by atoms with van der Waals surface area (Å²) < 4.78 is 0. The number of hydrogen-bond acceptors (Lipinski definition) is 2. The Kier molecular flexibility index (Phi) is 4.27. The van der Waals surface area contributed by atoms with Crippen molar-refractivity contribution in [3.05, 3.63) is 29.3 Å². The summed E-state index contributed by atoms with van der Waals surface area (Å²) in [6, 6.07) is 5.62. The third-order valence-electron chi connectivity index (χ3n) is 3.77. The first kappa shape index (κ1) is 14.4. The van der Waals surface area contributed by atoms with Gasteiger partial charge >= 0.3 is 12.0 Å². The van der Waals surface area contributed by atoms with Gasteiger partial charge in [0.25, 0.3) is 0 Å². The predicted octanol–water partition coefficient (Wildman–Crippen LogP) is 2.63. The van der Waals surface area contributed by atoms with Gasteiger partial charge in [0.05, 0.1) is 5.92 Å². The molecule has 1 aromatic carbocycles. The summed E-state index contributed by atoms with van der Waals surface area (Å²) in [5.74, 6) is -1.28. The lowest BCUT2D eigenvalue weighted by atomic mass is 9.99. The van der Waals surface area contributed by atoms with E-state index in [1.54, 1.807) is 4.90 Å². The number of nitrogens with one attached hydrogen (secondary N) is 1. The zero-order valence-electron chi connectivity index (χ0n) is 11.8. The highest BCUT2D eigenvalue weighted by molar-refractivity contribution is 5.91. The van der Waals surface area contributed by atoms with E-state index in [1.807, 2.05) is 32.0 Å². The fraction of sp³-hybridized carbons (Fsp3) is 0.467. The summed E-state index contributed by atoms with van der Waals surface area (Å²) >= 11 is 0. The Morgan fingerprint density at radius 2 is 1.95 bits per heavy atom. The lowest BCUT2D eigenvalue weighted by Crippen LogP contribution is -2.44. The summed E-state index contributed by atoms with van der Waals surface area (Å²) in [6.07, 6.45) is 1.37. The molecule has 1 saturated heterocycles. The smallest absolute Gasteiger partial charge is 0.321 e. The highest BCUT2D eigenvalue weighted by atomic mass is 16.4. The molecule has 5 nitrogen and oxygen atoms in total. The van der Waals surface area contributed by atoms with Crippen molar-refractivity contribution in [3.63, 3.8) is 0 Å². The zero-order valence-corrected chi connectivity index (χ0v) is 11.8. The number of hydrogen-bond donors (Lipinski definition) is 2. The van der Waals surface area contributed by atoms with E-state index in [0.717, 1.165) is 23.2 Å². The molecule has 0 aromatic heterocycles. The first-order valence-electron chi connectivity index (χ1n) is 6.84. The molecule has 2 N–H and O–H groups in total. The molecule has 108 valence electrons. The first-order valence-corrected chi connectivity index (χ1v) is 6.84. The van der Waals surface area contributed by atoms with Gasteiger partial charge in [0.15, 0.2) is 0 Å². The van der Waals surface area contributed by atoms with Crippen LogP contribution in [0.3, 0.4) is 0 Å². The number of para-hydroxylation sites is 1. The van der Waals surface area contributed by atoms with Crippen molar-refractivity contribution in [1.82, 2.24) is 4.90 Å². The summed E-state index contributed by atoms with van der Waals surface area (Å²) in [6.45, 7) is 4.78. The van der Waals surface area contributed by atoms with Gasteiger partial charge in [-0.3, -0.25) is 4.79 Å². The standard InChI is InChI=1S/C15H20N2O3/c1-10-5-3-6-11(2)13(10)16-15(20)17-8-4-7-12(9-17)14(18)19/h3,5-6,12H,4,7-9H2,1-2H3,(H,16,20)(H,18,19)/t12-/m1/s1. The molecule has 0 radical (unpaired) electrons. The Labute approximate surface area is 118 Å². The third-order valence-corrected chi connectivity index (χ3v) is 3.77. The van der Waals surface area contributed by atoms with E-state index in [1.165, 1.54) is 0 Å². The number of likely N-dealkylation sites (tertiary alicyclic amines) is 1. The van der Waals surface area contributed by atoms with E-state index in [2.05, 4.69) is 5.32 Å². The number of carbonyl (C=O) groups excluding carboxylic acids is 1. The van der Waals surface area contributed by atoms with Crippen molar-refractivity contribution < 1.29 is 14.7 Å². The average molecular weight is 276 g/mol. The second-order valence-corrected chi connectivity index (χ2v) is 5.32. The number of urea groups is 1. The van der Waals surface area contributed by atoms with Crippen LogP contribution in [0.25, 0.3) is 0 Å². The van der Waals surface area contributed by atoms with Gasteiger partial charge in [0.2, 0.25) is 0 Å². The molecular weight excluding hydrogens is 256 g/mol. The molecule has 0 saturated carbocycles. The van der Waals surface area contributed by atoms with Crippen LogP contribution in [0, 0.1) is 19.8 Å². The van der Waals surface area contributed by atoms with Crippen LogP contribution < -0.4 is 5.32 Å². The maximum absolute atomic E-state index is 12.3. The molecule has 2 rings (SSSR count). The van der Waals surface area contributed by atoms with Crippen molar-refractivity contribution in [2.75, 3.05) is 18.4 Å². The van der Waals surface area contributed by atoms with Gasteiger partial charge in [0.1, 0.15) is 0 Å². The maximum atomic E-state index is 12.3. The minimum atomic E-state index is -0.824. The molecule has 0 unspecified atom stereocenters. The number of aryl methyl sites for hydroxylation is 2. The number of carboxylic acid groups (broad SMARTS) is 1. The molecule has 0 aliphatic carbocycles. The number of rotatable bonds is 2. The number of anilines is 1. The van der Waals surface area contributed by atoms with E-state index in [0.29, 0.717) is 13.0 Å². The summed E-state index contributed by atoms with van der Waals surface area (Å²) in [7, 11) is 0. The minimum absolute atomic E-state index is 0.214. The molecule has 1 aromatic rings. The summed E-state index contributed by atoms with van der Waals surface area (Å²) in [5.41, 5.74) is 2.82. The molecule has 1 aliphatic rings. The van der Waals surface area contributed by atoms with E-state index in [-0.39, 0.29) is 12.6 Å². The molecule has 1 atom stereocenters. The molecular formula is C15H20N2O3. The Balaban J connectivity index is 2.06. The van der Waals surface area contributed by atoms with Crippen molar-refractivity contribution in [2.45, 2.75) is 26.7 Å². The number of amides is 2. The Morgan fingerprint density at radius 1 is 1.30 bits per heavy atom. The van der Waals surface area contributed by atoms with Crippen LogP contribution in [-0.2, 0) is 4.79 Å². The third kappa shape index (κ3) is 3.10. The van der Waals surface area contributed by atoms with Crippen LogP contribution in [0.1, 0.15) is 24.0 Å². The van der Waals surface area contributed by atoms with E-state index in [9.17, 15) is 9.59 Å². The van der Waals surface area contributed by atoms with Gasteiger partial charge in [0, 0.05) is 18.8 Å². The Hall–Kier alpha value is -2.04. The SMILES string of the molecule is Cc1cccc(C)c1NC(=O)N1CCC[C@@H](C(=O)O)C1. The highest BCUT2D eigenvalue weighted by Crippen LogP contribution is 2.22. The van der Waals surface area contributed by atoms with E-state index < -0.39 is 11.9 Å². The molecule has 1 heterocycles. The second kappa shape index (κ2) is 5.94. The van der Waals surface area contributed by atoms with Crippen molar-refractivity contribution >= 4 is 17.7 Å². The van der Waals surface area contributed by atoms with Crippen molar-refractivity contribution in [3.8, 4) is 0 Å². The van der Waals surface area contributed by atoms with Crippen LogP contribution in [0.15, 0.2) is 18.2 Å². The topological polar surface area (TPSA) is 69.6 Å². The Morgan fingerprint density at radius 3 is 2.55 bits per heavy atom. The monoisotopic (exact) mass is 276 g/mol. The number of nitrogens with zero attached hydrogens (tertiary/aromatic N) is 1. The average Bonchev–Trinajstić information content (AvgIpc) is 2.43. The number of carboxylic acids is 1. The molecule has 1 aliphatic heterocycles. The number of piperidine rings is 1. The van der Waals surface area contributed by atoms with Gasteiger partial charge in [-0.15, -0.1) is 0 Å². The fourth-order valence-electron chi connectivity index (χ4n) is 2.56. The summed E-state index contributed by atoms with van der Waals surface area (Å²) in [4.78, 5) is 24.9. The number of benzene rings is 1. The zero-order chi connectivity index (χ0) is 14.7. The van der Waals surface area contributed by atoms with Crippen molar-refractivity contribution in [1.29, 1.82) is 0 Å². The van der Waals surface area contributed by atoms with Gasteiger partial charge in [-0.2, -0.15) is 0 Å². The molecule has 1 fully saturated rings. The number of aliphatic carboxylic acids is 1. The van der Waals surface area contributed by atoms with Crippen LogP contribution >= 0.6 is 0 Å². The lowest BCUT2D eigenvalue weighted by Gasteiger charge is -2.31. The lowest BCUT2D eigenvalue weighted by molar-refractivity contribution is -0.143. The van der Waals surface area contributed by atoms with Crippen LogP contribution in [0.5, 0.6) is 0 Å². The molecule has 0 spiro atoms. The number of carbonyl (C=O) groups is 2. The predicted molar refractivity (Wildman–Crippen MR) is 76.9 cm³/mol. The summed E-state index contributed by atoms with van der Waals surface area (Å²) in [5, 5.41) is 12.0. The van der Waals surface area contributed by atoms with Gasteiger partial charge in [-0.1, -0.05) is 18.2 Å². The van der Waals surface area contributed by atoms with E-state index >= 15 is 0 Å². The van der Waals surface area contributed by atoms with Crippen LogP contribution in [0.2, 0.25) is 0 Å². The van der Waals surface area contributed by atoms with Gasteiger partial charge < -0.3 is 15.3 Å². The van der Waals surface area contributed by atoms with Crippen LogP contribution in [0.4, 0.5) is 10.5 Å².